The van der Waals surface area contributed by atoms with E-state index in [4.69, 9.17) is 9.84 Å². The Labute approximate surface area is 114 Å². The Morgan fingerprint density at radius 3 is 2.85 bits per heavy atom. The van der Waals surface area contributed by atoms with Gasteiger partial charge in [0.1, 0.15) is 11.4 Å². The number of benzene rings is 1. The molecule has 2 aromatic rings. The molecule has 0 saturated heterocycles. The lowest BCUT2D eigenvalue weighted by atomic mass is 10.1. The summed E-state index contributed by atoms with van der Waals surface area (Å²) in [4.78, 5) is 23.1. The molecule has 6 heteroatoms. The number of carboxylic acids is 1. The smallest absolute Gasteiger partial charge is 0.341 e. The van der Waals surface area contributed by atoms with Crippen molar-refractivity contribution in [3.8, 4) is 0 Å². The van der Waals surface area contributed by atoms with Gasteiger partial charge in [-0.1, -0.05) is 0 Å². The first kappa shape index (κ1) is 14.2. The second kappa shape index (κ2) is 5.83. The van der Waals surface area contributed by atoms with Crippen molar-refractivity contribution in [1.29, 1.82) is 0 Å². The molecule has 20 heavy (non-hydrogen) atoms. The van der Waals surface area contributed by atoms with E-state index in [1.54, 1.807) is 11.7 Å². The number of pyridine rings is 1. The van der Waals surface area contributed by atoms with Gasteiger partial charge in [0.25, 0.3) is 0 Å². The summed E-state index contributed by atoms with van der Waals surface area (Å²) in [6.07, 6.45) is 1.88. The number of nitrogens with zero attached hydrogens (tertiary/aromatic N) is 1. The number of fused-ring (bicyclic) bond motifs is 1. The fraction of sp³-hybridized carbons (Fsp3) is 0.286. The first-order valence-corrected chi connectivity index (χ1v) is 6.09. The third-order valence-corrected chi connectivity index (χ3v) is 3.02. The summed E-state index contributed by atoms with van der Waals surface area (Å²) >= 11 is 0. The summed E-state index contributed by atoms with van der Waals surface area (Å²) in [6, 6.07) is 3.69. The second-order valence-corrected chi connectivity index (χ2v) is 4.38. The monoisotopic (exact) mass is 279 g/mol. The van der Waals surface area contributed by atoms with Gasteiger partial charge in [0.05, 0.1) is 5.52 Å². The minimum atomic E-state index is -1.29. The van der Waals surface area contributed by atoms with Crippen LogP contribution in [0.1, 0.15) is 16.8 Å². The summed E-state index contributed by atoms with van der Waals surface area (Å²) in [5, 5.41) is 9.26. The summed E-state index contributed by atoms with van der Waals surface area (Å²) in [5.41, 5.74) is -0.534. The van der Waals surface area contributed by atoms with Gasteiger partial charge in [-0.2, -0.15) is 0 Å². The van der Waals surface area contributed by atoms with Crippen LogP contribution in [0.25, 0.3) is 10.9 Å². The molecule has 1 heterocycles. The van der Waals surface area contributed by atoms with E-state index in [-0.39, 0.29) is 10.9 Å². The van der Waals surface area contributed by atoms with Crippen molar-refractivity contribution < 1.29 is 19.0 Å². The van der Waals surface area contributed by atoms with Crippen LogP contribution in [0.2, 0.25) is 0 Å². The molecule has 5 nitrogen and oxygen atoms in total. The third-order valence-electron chi connectivity index (χ3n) is 3.02. The highest BCUT2D eigenvalue weighted by Crippen LogP contribution is 2.14. The van der Waals surface area contributed by atoms with Gasteiger partial charge in [-0.05, 0) is 24.6 Å². The normalized spacial score (nSPS) is 10.9. The maximum Gasteiger partial charge on any atom is 0.341 e. The van der Waals surface area contributed by atoms with Crippen LogP contribution in [0.3, 0.4) is 0 Å². The van der Waals surface area contributed by atoms with Crippen LogP contribution in [0, 0.1) is 5.82 Å². The van der Waals surface area contributed by atoms with Gasteiger partial charge >= 0.3 is 5.97 Å². The maximum absolute atomic E-state index is 13.3. The molecule has 0 aliphatic carbocycles. The van der Waals surface area contributed by atoms with E-state index in [1.165, 1.54) is 18.3 Å². The fourth-order valence-electron chi connectivity index (χ4n) is 2.08. The Hall–Kier alpha value is -2.21. The molecule has 0 fully saturated rings. The zero-order chi connectivity index (χ0) is 14.7. The molecule has 1 aromatic carbocycles. The van der Waals surface area contributed by atoms with Crippen LogP contribution in [0.5, 0.6) is 0 Å². The van der Waals surface area contributed by atoms with Gasteiger partial charge in [-0.3, -0.25) is 4.79 Å². The zero-order valence-corrected chi connectivity index (χ0v) is 10.9. The van der Waals surface area contributed by atoms with Crippen molar-refractivity contribution in [2.45, 2.75) is 13.0 Å². The van der Waals surface area contributed by atoms with Gasteiger partial charge in [0.2, 0.25) is 5.43 Å². The van der Waals surface area contributed by atoms with E-state index in [9.17, 15) is 14.0 Å². The molecule has 0 unspecified atom stereocenters. The molecule has 0 radical (unpaired) electrons. The Morgan fingerprint density at radius 1 is 1.45 bits per heavy atom. The number of rotatable bonds is 5. The van der Waals surface area contributed by atoms with E-state index in [0.717, 1.165) is 6.07 Å². The van der Waals surface area contributed by atoms with E-state index >= 15 is 0 Å². The molecule has 0 bridgehead atoms. The van der Waals surface area contributed by atoms with Gasteiger partial charge in [-0.25, -0.2) is 9.18 Å². The van der Waals surface area contributed by atoms with Crippen molar-refractivity contribution in [3.05, 3.63) is 46.0 Å². The number of halogens is 1. The number of aromatic carboxylic acids is 1. The van der Waals surface area contributed by atoms with E-state index in [2.05, 4.69) is 0 Å². The van der Waals surface area contributed by atoms with Crippen molar-refractivity contribution in [2.75, 3.05) is 13.7 Å². The van der Waals surface area contributed by atoms with Gasteiger partial charge in [0.15, 0.2) is 0 Å². The number of carbonyl (C=O) groups is 1. The molecule has 0 amide bonds. The summed E-state index contributed by atoms with van der Waals surface area (Å²) < 4.78 is 19.8. The van der Waals surface area contributed by atoms with Crippen molar-refractivity contribution >= 4 is 16.9 Å². The molecular weight excluding hydrogens is 265 g/mol. The summed E-state index contributed by atoms with van der Waals surface area (Å²) in [7, 11) is 1.56. The van der Waals surface area contributed by atoms with E-state index < -0.39 is 17.2 Å². The molecular formula is C14H14FNO4. The Balaban J connectivity index is 2.63. The highest BCUT2D eigenvalue weighted by atomic mass is 19.1. The molecule has 0 atom stereocenters. The second-order valence-electron chi connectivity index (χ2n) is 4.38. The standard InChI is InChI=1S/C14H14FNO4/c1-20-6-2-5-16-8-11(14(18)19)13(17)10-4-3-9(15)7-12(10)16/h3-4,7-8H,2,5-6H2,1H3,(H,18,19). The van der Waals surface area contributed by atoms with Gasteiger partial charge in [0, 0.05) is 31.8 Å². The first-order valence-electron chi connectivity index (χ1n) is 6.09. The van der Waals surface area contributed by atoms with Crippen LogP contribution in [-0.2, 0) is 11.3 Å². The lowest BCUT2D eigenvalue weighted by Crippen LogP contribution is -2.19. The maximum atomic E-state index is 13.3. The molecule has 0 saturated carbocycles. The molecule has 0 aliphatic heterocycles. The van der Waals surface area contributed by atoms with Crippen LogP contribution in [0.4, 0.5) is 4.39 Å². The molecule has 106 valence electrons. The molecule has 0 spiro atoms. The number of aromatic nitrogens is 1. The predicted octanol–water partition coefficient (Wildman–Crippen LogP) is 1.88. The number of aryl methyl sites for hydroxylation is 1. The Bertz CT molecular complexity index is 708. The molecule has 0 aliphatic rings. The Kier molecular flexibility index (Phi) is 4.14. The largest absolute Gasteiger partial charge is 0.477 e. The highest BCUT2D eigenvalue weighted by Gasteiger charge is 2.14. The minimum Gasteiger partial charge on any atom is -0.477 e. The minimum absolute atomic E-state index is 0.198. The zero-order valence-electron chi connectivity index (χ0n) is 10.9. The van der Waals surface area contributed by atoms with Crippen molar-refractivity contribution in [1.82, 2.24) is 4.57 Å². The number of carboxylic acid groups (broad SMARTS) is 1. The molecule has 1 N–H and O–H groups in total. The van der Waals surface area contributed by atoms with Crippen molar-refractivity contribution in [3.63, 3.8) is 0 Å². The van der Waals surface area contributed by atoms with Crippen LogP contribution < -0.4 is 5.43 Å². The predicted molar refractivity (Wildman–Crippen MR) is 71.6 cm³/mol. The van der Waals surface area contributed by atoms with Gasteiger partial charge < -0.3 is 14.4 Å². The SMILES string of the molecule is COCCCn1cc(C(=O)O)c(=O)c2ccc(F)cc21. The van der Waals surface area contributed by atoms with Crippen LogP contribution in [0.15, 0.2) is 29.2 Å². The van der Waals surface area contributed by atoms with Gasteiger partial charge in [-0.15, -0.1) is 0 Å². The average molecular weight is 279 g/mol. The quantitative estimate of drug-likeness (QED) is 0.848. The van der Waals surface area contributed by atoms with E-state index in [0.29, 0.717) is 25.1 Å². The van der Waals surface area contributed by atoms with Crippen LogP contribution in [-0.4, -0.2) is 29.4 Å². The number of hydrogen-bond acceptors (Lipinski definition) is 3. The van der Waals surface area contributed by atoms with Crippen molar-refractivity contribution in [2.24, 2.45) is 0 Å². The summed E-state index contributed by atoms with van der Waals surface area (Å²) in [5.74, 6) is -1.76. The average Bonchev–Trinajstić information content (AvgIpc) is 2.41. The molecule has 1 aromatic heterocycles. The number of hydrogen-bond donors (Lipinski definition) is 1. The fourth-order valence-corrected chi connectivity index (χ4v) is 2.08. The van der Waals surface area contributed by atoms with Crippen LogP contribution >= 0.6 is 0 Å². The number of methoxy groups -OCH3 is 1. The molecule has 2 rings (SSSR count). The third kappa shape index (κ3) is 2.70. The Morgan fingerprint density at radius 2 is 2.20 bits per heavy atom. The van der Waals surface area contributed by atoms with E-state index in [1.807, 2.05) is 0 Å². The lowest BCUT2D eigenvalue weighted by Gasteiger charge is -2.12. The lowest BCUT2D eigenvalue weighted by molar-refractivity contribution is 0.0695. The first-order chi connectivity index (χ1) is 9.54. The highest BCUT2D eigenvalue weighted by molar-refractivity contribution is 5.92. The topological polar surface area (TPSA) is 68.5 Å². The number of ether oxygens (including phenoxy) is 1. The summed E-state index contributed by atoms with van der Waals surface area (Å²) in [6.45, 7) is 0.930.